The molecule has 1 fully saturated rings. The highest BCUT2D eigenvalue weighted by atomic mass is 16.5. The van der Waals surface area contributed by atoms with Gasteiger partial charge in [-0.1, -0.05) is 0 Å². The summed E-state index contributed by atoms with van der Waals surface area (Å²) in [4.78, 5) is 2.38. The second kappa shape index (κ2) is 11.6. The maximum Gasteiger partial charge on any atom is 0.0701 e. The Morgan fingerprint density at radius 2 is 2.16 bits per heavy atom. The summed E-state index contributed by atoms with van der Waals surface area (Å²) in [5.74, 6) is 0. The zero-order chi connectivity index (χ0) is 13.8. The van der Waals surface area contributed by atoms with Gasteiger partial charge in [-0.25, -0.2) is 0 Å². The van der Waals surface area contributed by atoms with E-state index in [2.05, 4.69) is 17.3 Å². The maximum atomic E-state index is 5.76. The van der Waals surface area contributed by atoms with Gasteiger partial charge in [0.2, 0.25) is 0 Å². The van der Waals surface area contributed by atoms with Crippen molar-refractivity contribution in [3.05, 3.63) is 0 Å². The molecule has 0 aliphatic carbocycles. The molecule has 0 bridgehead atoms. The molecule has 1 rings (SSSR count). The van der Waals surface area contributed by atoms with Crippen LogP contribution in [0.3, 0.4) is 0 Å². The van der Waals surface area contributed by atoms with Crippen LogP contribution < -0.4 is 5.32 Å². The molecule has 0 saturated carbocycles. The third-order valence-electron chi connectivity index (χ3n) is 3.56. The molecule has 0 aromatic heterocycles. The van der Waals surface area contributed by atoms with E-state index >= 15 is 0 Å². The maximum absolute atomic E-state index is 5.76. The van der Waals surface area contributed by atoms with Gasteiger partial charge in [0.1, 0.15) is 0 Å². The number of hydrogen-bond donors (Lipinski definition) is 1. The number of nitrogens with zero attached hydrogens (tertiary/aromatic N) is 1. The third kappa shape index (κ3) is 9.38. The van der Waals surface area contributed by atoms with E-state index in [1.807, 2.05) is 6.92 Å². The first kappa shape index (κ1) is 16.9. The summed E-state index contributed by atoms with van der Waals surface area (Å²) in [6.07, 6.45) is 6.63. The first-order chi connectivity index (χ1) is 9.33. The van der Waals surface area contributed by atoms with E-state index in [-0.39, 0.29) is 0 Å². The van der Waals surface area contributed by atoms with E-state index in [0.29, 0.717) is 6.10 Å². The highest BCUT2D eigenvalue weighted by Gasteiger charge is 2.15. The largest absolute Gasteiger partial charge is 0.382 e. The van der Waals surface area contributed by atoms with Crippen molar-refractivity contribution >= 4 is 0 Å². The van der Waals surface area contributed by atoms with Gasteiger partial charge >= 0.3 is 0 Å². The van der Waals surface area contributed by atoms with Crippen molar-refractivity contribution < 1.29 is 9.47 Å². The Labute approximate surface area is 118 Å². The molecule has 4 nitrogen and oxygen atoms in total. The Hall–Kier alpha value is -0.160. The van der Waals surface area contributed by atoms with Gasteiger partial charge in [-0.3, -0.25) is 0 Å². The summed E-state index contributed by atoms with van der Waals surface area (Å²) in [7, 11) is 2.19. The Balaban J connectivity index is 1.85. The zero-order valence-corrected chi connectivity index (χ0v) is 12.8. The predicted octanol–water partition coefficient (Wildman–Crippen LogP) is 1.89. The van der Waals surface area contributed by atoms with Gasteiger partial charge in [-0.15, -0.1) is 0 Å². The van der Waals surface area contributed by atoms with E-state index in [9.17, 15) is 0 Å². The highest BCUT2D eigenvalue weighted by Crippen LogP contribution is 2.13. The van der Waals surface area contributed by atoms with Crippen molar-refractivity contribution in [3.8, 4) is 0 Å². The fourth-order valence-electron chi connectivity index (χ4n) is 2.38. The summed E-state index contributed by atoms with van der Waals surface area (Å²) >= 11 is 0. The first-order valence-corrected chi connectivity index (χ1v) is 7.91. The van der Waals surface area contributed by atoms with Crippen LogP contribution in [0.4, 0.5) is 0 Å². The van der Waals surface area contributed by atoms with E-state index in [1.54, 1.807) is 0 Å². The number of rotatable bonds is 11. The molecular weight excluding hydrogens is 240 g/mol. The molecule has 4 heteroatoms. The van der Waals surface area contributed by atoms with Crippen LogP contribution in [0.5, 0.6) is 0 Å². The monoisotopic (exact) mass is 272 g/mol. The lowest BCUT2D eigenvalue weighted by molar-refractivity contribution is -0.00122. The number of ether oxygens (including phenoxy) is 2. The number of hydrogen-bond acceptors (Lipinski definition) is 4. The summed E-state index contributed by atoms with van der Waals surface area (Å²) in [6.45, 7) is 9.08. The number of unbranched alkanes of at least 4 members (excludes halogenated alkanes) is 1. The van der Waals surface area contributed by atoms with Crippen molar-refractivity contribution in [2.75, 3.05) is 53.0 Å². The topological polar surface area (TPSA) is 33.7 Å². The lowest BCUT2D eigenvalue weighted by Gasteiger charge is -2.27. The molecule has 1 heterocycles. The molecule has 1 saturated heterocycles. The number of nitrogens with one attached hydrogen (secondary N) is 1. The smallest absolute Gasteiger partial charge is 0.0701 e. The SMILES string of the molecule is CCOCCCCNCCN(C)CC1CCCCO1. The van der Waals surface area contributed by atoms with E-state index in [1.165, 1.54) is 25.7 Å². The van der Waals surface area contributed by atoms with Crippen LogP contribution in [-0.2, 0) is 9.47 Å². The van der Waals surface area contributed by atoms with Crippen LogP contribution >= 0.6 is 0 Å². The fourth-order valence-corrected chi connectivity index (χ4v) is 2.38. The molecule has 1 aliphatic heterocycles. The van der Waals surface area contributed by atoms with Gasteiger partial charge in [0.25, 0.3) is 0 Å². The third-order valence-corrected chi connectivity index (χ3v) is 3.56. The molecule has 114 valence electrons. The average Bonchev–Trinajstić information content (AvgIpc) is 2.43. The van der Waals surface area contributed by atoms with Crippen molar-refractivity contribution in [3.63, 3.8) is 0 Å². The molecule has 1 N–H and O–H groups in total. The van der Waals surface area contributed by atoms with E-state index in [4.69, 9.17) is 9.47 Å². The van der Waals surface area contributed by atoms with E-state index < -0.39 is 0 Å². The fraction of sp³-hybridized carbons (Fsp3) is 1.00. The predicted molar refractivity (Wildman–Crippen MR) is 79.7 cm³/mol. The summed E-state index contributed by atoms with van der Waals surface area (Å²) < 4.78 is 11.1. The minimum absolute atomic E-state index is 0.463. The van der Waals surface area contributed by atoms with Gasteiger partial charge in [-0.05, 0) is 52.6 Å². The van der Waals surface area contributed by atoms with Crippen molar-refractivity contribution in [1.82, 2.24) is 10.2 Å². The van der Waals surface area contributed by atoms with Crippen LogP contribution in [-0.4, -0.2) is 64.1 Å². The number of likely N-dealkylation sites (N-methyl/N-ethyl adjacent to an activating group) is 1. The molecule has 0 radical (unpaired) electrons. The first-order valence-electron chi connectivity index (χ1n) is 7.91. The zero-order valence-electron chi connectivity index (χ0n) is 12.8. The summed E-state index contributed by atoms with van der Waals surface area (Å²) in [5, 5.41) is 3.49. The van der Waals surface area contributed by atoms with Crippen LogP contribution in [0.25, 0.3) is 0 Å². The molecule has 1 atom stereocenters. The van der Waals surface area contributed by atoms with Crippen LogP contribution in [0.1, 0.15) is 39.0 Å². The van der Waals surface area contributed by atoms with Crippen molar-refractivity contribution in [2.24, 2.45) is 0 Å². The minimum atomic E-state index is 0.463. The Morgan fingerprint density at radius 1 is 1.26 bits per heavy atom. The Bertz CT molecular complexity index is 197. The Morgan fingerprint density at radius 3 is 2.89 bits per heavy atom. The van der Waals surface area contributed by atoms with Crippen LogP contribution in [0, 0.1) is 0 Å². The lowest BCUT2D eigenvalue weighted by Crippen LogP contribution is -2.37. The Kier molecular flexibility index (Phi) is 10.4. The van der Waals surface area contributed by atoms with E-state index in [0.717, 1.165) is 52.4 Å². The second-order valence-electron chi connectivity index (χ2n) is 5.40. The molecular formula is C15H32N2O2. The van der Waals surface area contributed by atoms with Crippen molar-refractivity contribution in [2.45, 2.75) is 45.1 Å². The van der Waals surface area contributed by atoms with Crippen LogP contribution in [0.15, 0.2) is 0 Å². The van der Waals surface area contributed by atoms with Gasteiger partial charge in [0.15, 0.2) is 0 Å². The van der Waals surface area contributed by atoms with Crippen molar-refractivity contribution in [1.29, 1.82) is 0 Å². The molecule has 0 aromatic carbocycles. The molecule has 19 heavy (non-hydrogen) atoms. The summed E-state index contributed by atoms with van der Waals surface area (Å²) in [5.41, 5.74) is 0. The highest BCUT2D eigenvalue weighted by molar-refractivity contribution is 4.68. The quantitative estimate of drug-likeness (QED) is 0.582. The second-order valence-corrected chi connectivity index (χ2v) is 5.40. The van der Waals surface area contributed by atoms with Gasteiger partial charge in [0, 0.05) is 39.5 Å². The average molecular weight is 272 g/mol. The molecule has 0 spiro atoms. The van der Waals surface area contributed by atoms with Gasteiger partial charge < -0.3 is 19.7 Å². The lowest BCUT2D eigenvalue weighted by atomic mass is 10.1. The normalized spacial score (nSPS) is 20.1. The van der Waals surface area contributed by atoms with Crippen LogP contribution in [0.2, 0.25) is 0 Å². The van der Waals surface area contributed by atoms with Gasteiger partial charge in [0.05, 0.1) is 6.10 Å². The molecule has 1 aliphatic rings. The molecule has 1 unspecified atom stereocenters. The molecule has 0 aromatic rings. The minimum Gasteiger partial charge on any atom is -0.382 e. The summed E-state index contributed by atoms with van der Waals surface area (Å²) in [6, 6.07) is 0. The molecule has 0 amide bonds. The standard InChI is InChI=1S/C15H32N2O2/c1-3-18-12-7-5-9-16-10-11-17(2)14-15-8-4-6-13-19-15/h15-16H,3-14H2,1-2H3. The van der Waals surface area contributed by atoms with Gasteiger partial charge in [-0.2, -0.15) is 0 Å².